The van der Waals surface area contributed by atoms with Crippen molar-refractivity contribution in [2.45, 2.75) is 28.2 Å². The summed E-state index contributed by atoms with van der Waals surface area (Å²) in [4.78, 5) is 12.8. The van der Waals surface area contributed by atoms with Crippen LogP contribution >= 0.6 is 0 Å². The third-order valence-corrected chi connectivity index (χ3v) is 5.38. The zero-order valence-electron chi connectivity index (χ0n) is 6.96. The molecule has 0 radical (unpaired) electrons. The van der Waals surface area contributed by atoms with Gasteiger partial charge in [0.05, 0.1) is 0 Å². The molecule has 0 aliphatic rings. The van der Waals surface area contributed by atoms with Gasteiger partial charge in [0.15, 0.2) is 0 Å². The van der Waals surface area contributed by atoms with Gasteiger partial charge in [-0.2, -0.15) is 0 Å². The SMILES string of the molecule is C=CCCC(C)([Te]C)C(=O)O. The number of allylic oxidation sites excluding steroid dienone is 1. The van der Waals surface area contributed by atoms with Crippen LogP contribution in [0.2, 0.25) is 8.43 Å². The standard InChI is InChI=1S/C8H14O2Te/c1-4-5-6-8(2,11-3)7(9)10/h4H,1,5-6H2,2-3H3,(H,9,10). The number of hydrogen-bond acceptors (Lipinski definition) is 1. The van der Waals surface area contributed by atoms with Crippen molar-refractivity contribution in [3.05, 3.63) is 12.7 Å². The molecular formula is C8H14O2Te. The Morgan fingerprint density at radius 2 is 2.36 bits per heavy atom. The van der Waals surface area contributed by atoms with Gasteiger partial charge in [0.1, 0.15) is 0 Å². The molecule has 11 heavy (non-hydrogen) atoms. The number of aliphatic carboxylic acids is 1. The summed E-state index contributed by atoms with van der Waals surface area (Å²) in [6.45, 7) is 5.41. The summed E-state index contributed by atoms with van der Waals surface area (Å²) in [5.41, 5.74) is 0. The summed E-state index contributed by atoms with van der Waals surface area (Å²) in [5, 5.41) is 8.86. The van der Waals surface area contributed by atoms with E-state index in [1.54, 1.807) is 6.08 Å². The fourth-order valence-electron chi connectivity index (χ4n) is 0.674. The van der Waals surface area contributed by atoms with E-state index in [1.165, 1.54) is 0 Å². The minimum atomic E-state index is -0.649. The van der Waals surface area contributed by atoms with Crippen molar-refractivity contribution in [1.82, 2.24) is 0 Å². The van der Waals surface area contributed by atoms with Crippen molar-refractivity contribution in [2.75, 3.05) is 0 Å². The molecular weight excluding hydrogens is 256 g/mol. The summed E-state index contributed by atoms with van der Waals surface area (Å²) in [6, 6.07) is 0. The molecule has 0 heterocycles. The zero-order chi connectivity index (χ0) is 8.91. The molecule has 0 aromatic carbocycles. The second-order valence-electron chi connectivity index (χ2n) is 2.57. The van der Waals surface area contributed by atoms with Gasteiger partial charge >= 0.3 is 77.6 Å². The van der Waals surface area contributed by atoms with Crippen molar-refractivity contribution in [1.29, 1.82) is 0 Å². The number of carboxylic acids is 1. The molecule has 0 bridgehead atoms. The van der Waals surface area contributed by atoms with Gasteiger partial charge in [-0.15, -0.1) is 0 Å². The molecule has 1 atom stereocenters. The summed E-state index contributed by atoms with van der Waals surface area (Å²) in [6.07, 6.45) is 3.33. The quantitative estimate of drug-likeness (QED) is 0.612. The Hall–Kier alpha value is -0.000390. The van der Waals surface area contributed by atoms with Crippen LogP contribution in [0.4, 0.5) is 0 Å². The molecule has 0 aromatic heterocycles. The molecule has 0 aliphatic heterocycles. The summed E-state index contributed by atoms with van der Waals surface area (Å²) >= 11 is -0.409. The van der Waals surface area contributed by atoms with Crippen LogP contribution in [0.5, 0.6) is 0 Å². The molecule has 0 aromatic rings. The van der Waals surface area contributed by atoms with E-state index in [0.717, 1.165) is 12.8 Å². The molecule has 1 unspecified atom stereocenters. The molecule has 0 amide bonds. The molecule has 0 saturated heterocycles. The van der Waals surface area contributed by atoms with Gasteiger partial charge in [0, 0.05) is 0 Å². The van der Waals surface area contributed by atoms with Gasteiger partial charge in [-0.3, -0.25) is 0 Å². The average Bonchev–Trinajstić information content (AvgIpc) is 2.00. The minimum absolute atomic E-state index is 0.409. The van der Waals surface area contributed by atoms with Crippen molar-refractivity contribution in [2.24, 2.45) is 0 Å². The van der Waals surface area contributed by atoms with Crippen LogP contribution in [0, 0.1) is 0 Å². The Morgan fingerprint density at radius 3 is 2.64 bits per heavy atom. The Kier molecular flexibility index (Phi) is 4.79. The van der Waals surface area contributed by atoms with Crippen LogP contribution in [-0.2, 0) is 4.79 Å². The number of carbonyl (C=O) groups is 1. The molecule has 2 nitrogen and oxygen atoms in total. The van der Waals surface area contributed by atoms with Crippen LogP contribution in [-0.4, -0.2) is 32.0 Å². The van der Waals surface area contributed by atoms with E-state index in [0.29, 0.717) is 0 Å². The monoisotopic (exact) mass is 272 g/mol. The molecule has 0 fully saturated rings. The van der Waals surface area contributed by atoms with Crippen LogP contribution < -0.4 is 0 Å². The molecule has 64 valence electrons. The van der Waals surface area contributed by atoms with E-state index in [4.69, 9.17) is 5.11 Å². The van der Waals surface area contributed by atoms with Gasteiger partial charge in [-0.25, -0.2) is 0 Å². The van der Waals surface area contributed by atoms with Gasteiger partial charge < -0.3 is 0 Å². The molecule has 1 N–H and O–H groups in total. The van der Waals surface area contributed by atoms with Crippen molar-refractivity contribution < 1.29 is 9.90 Å². The predicted molar refractivity (Wildman–Crippen MR) is 47.1 cm³/mol. The van der Waals surface area contributed by atoms with Gasteiger partial charge in [-0.05, 0) is 0 Å². The Labute approximate surface area is 77.8 Å². The molecule has 0 rings (SSSR count). The van der Waals surface area contributed by atoms with E-state index in [-0.39, 0.29) is 0 Å². The summed E-state index contributed by atoms with van der Waals surface area (Å²) in [7, 11) is 0. The van der Waals surface area contributed by atoms with Crippen LogP contribution in [0.3, 0.4) is 0 Å². The first-order valence-corrected chi connectivity index (χ1v) is 6.96. The van der Waals surface area contributed by atoms with E-state index in [1.807, 2.05) is 11.9 Å². The summed E-state index contributed by atoms with van der Waals surface area (Å²) in [5.74, 6) is -0.649. The topological polar surface area (TPSA) is 37.3 Å². The first-order valence-electron chi connectivity index (χ1n) is 3.46. The number of rotatable bonds is 5. The fourth-order valence-corrected chi connectivity index (χ4v) is 2.09. The molecule has 3 heteroatoms. The Balaban J connectivity index is 4.09. The van der Waals surface area contributed by atoms with E-state index >= 15 is 0 Å². The normalized spacial score (nSPS) is 15.5. The molecule has 0 spiro atoms. The van der Waals surface area contributed by atoms with Crippen molar-refractivity contribution >= 4 is 26.9 Å². The Bertz CT molecular complexity index is 156. The van der Waals surface area contributed by atoms with Crippen molar-refractivity contribution in [3.63, 3.8) is 0 Å². The van der Waals surface area contributed by atoms with Crippen LogP contribution in [0.15, 0.2) is 12.7 Å². The number of carboxylic acid groups (broad SMARTS) is 1. The second kappa shape index (κ2) is 4.79. The van der Waals surface area contributed by atoms with Crippen molar-refractivity contribution in [3.8, 4) is 0 Å². The Morgan fingerprint density at radius 1 is 1.82 bits per heavy atom. The maximum atomic E-state index is 10.8. The van der Waals surface area contributed by atoms with Gasteiger partial charge in [-0.1, -0.05) is 0 Å². The zero-order valence-corrected chi connectivity index (χ0v) is 9.29. The van der Waals surface area contributed by atoms with E-state index < -0.39 is 30.4 Å². The summed E-state index contributed by atoms with van der Waals surface area (Å²) < 4.78 is -0.431. The maximum absolute atomic E-state index is 10.8. The van der Waals surface area contributed by atoms with Crippen LogP contribution in [0.25, 0.3) is 0 Å². The third kappa shape index (κ3) is 3.27. The molecule has 0 saturated carbocycles. The molecule has 0 aliphatic carbocycles. The third-order valence-electron chi connectivity index (χ3n) is 1.73. The van der Waals surface area contributed by atoms with E-state index in [2.05, 4.69) is 6.58 Å². The van der Waals surface area contributed by atoms with Gasteiger partial charge in [0.25, 0.3) is 0 Å². The second-order valence-corrected chi connectivity index (χ2v) is 6.30. The number of hydrogen-bond donors (Lipinski definition) is 1. The van der Waals surface area contributed by atoms with Crippen LogP contribution in [0.1, 0.15) is 19.8 Å². The average molecular weight is 270 g/mol. The van der Waals surface area contributed by atoms with Gasteiger partial charge in [0.2, 0.25) is 0 Å². The van der Waals surface area contributed by atoms with E-state index in [9.17, 15) is 4.79 Å². The fraction of sp³-hybridized carbons (Fsp3) is 0.625. The first-order chi connectivity index (χ1) is 5.06. The first kappa shape index (κ1) is 11.0. The predicted octanol–water partition coefficient (Wildman–Crippen LogP) is 1.97.